The van der Waals surface area contributed by atoms with Gasteiger partial charge in [0.25, 0.3) is 0 Å². The smallest absolute Gasteiger partial charge is 0.250 e. The molecule has 1 saturated carbocycles. The molecule has 1 aliphatic carbocycles. The number of nitrogens with zero attached hydrogens (tertiary/aromatic N) is 1. The number of benzene rings is 1. The molecule has 20 heavy (non-hydrogen) atoms. The molecule has 0 saturated heterocycles. The minimum absolute atomic E-state index is 0.0634. The summed E-state index contributed by atoms with van der Waals surface area (Å²) in [5.74, 6) is 0.715. The van der Waals surface area contributed by atoms with Crippen molar-refractivity contribution in [1.82, 2.24) is 0 Å². The first-order valence-electron chi connectivity index (χ1n) is 7.00. The minimum atomic E-state index is -0.425. The van der Waals surface area contributed by atoms with Gasteiger partial charge in [-0.3, -0.25) is 4.79 Å². The lowest BCUT2D eigenvalue weighted by atomic mass is 9.72. The van der Waals surface area contributed by atoms with Gasteiger partial charge in [0.1, 0.15) is 5.84 Å². The number of aliphatic imine (C=N–C) groups is 1. The molecule has 1 amide bonds. The highest BCUT2D eigenvalue weighted by Crippen LogP contribution is 2.35. The maximum Gasteiger partial charge on any atom is 0.250 e. The predicted molar refractivity (Wildman–Crippen MR) is 85.7 cm³/mol. The fourth-order valence-electron chi connectivity index (χ4n) is 2.23. The molecule has 1 aromatic rings. The van der Waals surface area contributed by atoms with Gasteiger partial charge in [-0.2, -0.15) is 4.99 Å². The van der Waals surface area contributed by atoms with Gasteiger partial charge in [-0.25, -0.2) is 0 Å². The van der Waals surface area contributed by atoms with Crippen molar-refractivity contribution < 1.29 is 4.79 Å². The zero-order chi connectivity index (χ0) is 14.9. The number of amidine groups is 1. The third-order valence-corrected chi connectivity index (χ3v) is 4.82. The van der Waals surface area contributed by atoms with Gasteiger partial charge in [0.05, 0.1) is 5.41 Å². The van der Waals surface area contributed by atoms with Crippen LogP contribution in [0.2, 0.25) is 0 Å². The Morgan fingerprint density at radius 2 is 1.90 bits per heavy atom. The summed E-state index contributed by atoms with van der Waals surface area (Å²) < 4.78 is 1.02. The summed E-state index contributed by atoms with van der Waals surface area (Å²) in [5, 5.41) is 0. The van der Waals surface area contributed by atoms with Crippen molar-refractivity contribution in [3.63, 3.8) is 0 Å². The van der Waals surface area contributed by atoms with Crippen LogP contribution in [0.3, 0.4) is 0 Å². The number of nitrogens with two attached hydrogens (primary N) is 1. The Balaban J connectivity index is 2.37. The summed E-state index contributed by atoms with van der Waals surface area (Å²) in [4.78, 5) is 16.1. The summed E-state index contributed by atoms with van der Waals surface area (Å²) in [6.45, 7) is 6.26. The van der Waals surface area contributed by atoms with Gasteiger partial charge >= 0.3 is 0 Å². The molecule has 0 aliphatic heterocycles. The van der Waals surface area contributed by atoms with Crippen LogP contribution in [0.1, 0.15) is 39.2 Å². The van der Waals surface area contributed by atoms with Gasteiger partial charge < -0.3 is 5.73 Å². The highest BCUT2D eigenvalue weighted by Gasteiger charge is 2.37. The molecule has 0 spiro atoms. The highest BCUT2D eigenvalue weighted by molar-refractivity contribution is 9.10. The topological polar surface area (TPSA) is 55.4 Å². The summed E-state index contributed by atoms with van der Waals surface area (Å²) in [5.41, 5.74) is 6.87. The molecule has 2 N–H and O–H groups in total. The second-order valence-electron chi connectivity index (χ2n) is 5.97. The maximum absolute atomic E-state index is 11.9. The van der Waals surface area contributed by atoms with Crippen molar-refractivity contribution in [2.45, 2.75) is 39.0 Å². The first-order chi connectivity index (χ1) is 9.35. The van der Waals surface area contributed by atoms with Crippen LogP contribution in [0.15, 0.2) is 33.7 Å². The quantitative estimate of drug-likeness (QED) is 0.673. The van der Waals surface area contributed by atoms with Crippen molar-refractivity contribution in [1.29, 1.82) is 0 Å². The van der Waals surface area contributed by atoms with E-state index >= 15 is 0 Å². The number of hydrogen-bond donors (Lipinski definition) is 1. The number of rotatable bonds is 4. The van der Waals surface area contributed by atoms with E-state index in [4.69, 9.17) is 5.73 Å². The van der Waals surface area contributed by atoms with Crippen molar-refractivity contribution in [3.8, 4) is 0 Å². The number of amides is 1. The molecule has 4 heteroatoms. The second-order valence-corrected chi connectivity index (χ2v) is 6.89. The Hall–Kier alpha value is -1.16. The van der Waals surface area contributed by atoms with Gasteiger partial charge in [-0.15, -0.1) is 0 Å². The van der Waals surface area contributed by atoms with Gasteiger partial charge in [0.2, 0.25) is 5.91 Å². The Morgan fingerprint density at radius 1 is 1.35 bits per heavy atom. The first kappa shape index (κ1) is 15.2. The highest BCUT2D eigenvalue weighted by atomic mass is 79.9. The largest absolute Gasteiger partial charge is 0.386 e. The van der Waals surface area contributed by atoms with E-state index in [9.17, 15) is 4.79 Å². The van der Waals surface area contributed by atoms with Gasteiger partial charge in [-0.1, -0.05) is 41.9 Å². The van der Waals surface area contributed by atoms with Crippen LogP contribution in [0.5, 0.6) is 0 Å². The normalized spacial score (nSPS) is 18.9. The molecule has 1 atom stereocenters. The van der Waals surface area contributed by atoms with Crippen molar-refractivity contribution in [3.05, 3.63) is 34.3 Å². The SMILES string of the molecule is CC(C)C(C)(C(N)=NC(=O)C1CC1)c1ccc(Br)cc1. The van der Waals surface area contributed by atoms with E-state index in [2.05, 4.69) is 41.7 Å². The van der Waals surface area contributed by atoms with Crippen molar-refractivity contribution >= 4 is 27.7 Å². The number of hydrogen-bond acceptors (Lipinski definition) is 1. The average molecular weight is 337 g/mol. The Kier molecular flexibility index (Phi) is 4.33. The summed E-state index contributed by atoms with van der Waals surface area (Å²) >= 11 is 3.44. The summed E-state index contributed by atoms with van der Waals surface area (Å²) in [6, 6.07) is 8.06. The monoisotopic (exact) mass is 336 g/mol. The Bertz CT molecular complexity index is 532. The van der Waals surface area contributed by atoms with Crippen molar-refractivity contribution in [2.75, 3.05) is 0 Å². The lowest BCUT2D eigenvalue weighted by molar-refractivity contribution is -0.118. The third-order valence-electron chi connectivity index (χ3n) is 4.29. The van der Waals surface area contributed by atoms with E-state index in [1.807, 2.05) is 24.3 Å². The summed E-state index contributed by atoms with van der Waals surface area (Å²) in [7, 11) is 0. The van der Waals surface area contributed by atoms with Crippen LogP contribution in [-0.4, -0.2) is 11.7 Å². The molecule has 0 aromatic heterocycles. The minimum Gasteiger partial charge on any atom is -0.386 e. The molecular formula is C16H21BrN2O. The van der Waals surface area contributed by atoms with Crippen LogP contribution >= 0.6 is 15.9 Å². The molecule has 108 valence electrons. The fourth-order valence-corrected chi connectivity index (χ4v) is 2.49. The molecule has 0 bridgehead atoms. The zero-order valence-corrected chi connectivity index (χ0v) is 13.8. The molecule has 0 radical (unpaired) electrons. The molecular weight excluding hydrogens is 316 g/mol. The lowest BCUT2D eigenvalue weighted by Gasteiger charge is -2.33. The van der Waals surface area contributed by atoms with Crippen LogP contribution in [0, 0.1) is 11.8 Å². The molecule has 0 heterocycles. The lowest BCUT2D eigenvalue weighted by Crippen LogP contribution is -2.43. The second kappa shape index (κ2) is 5.68. The number of halogens is 1. The number of carbonyl (C=O) groups excluding carboxylic acids is 1. The van der Waals surface area contributed by atoms with Crippen LogP contribution in [0.4, 0.5) is 0 Å². The van der Waals surface area contributed by atoms with E-state index in [0.717, 1.165) is 22.9 Å². The zero-order valence-electron chi connectivity index (χ0n) is 12.2. The van der Waals surface area contributed by atoms with Crippen LogP contribution in [-0.2, 0) is 10.2 Å². The third kappa shape index (κ3) is 2.95. The molecule has 1 unspecified atom stereocenters. The van der Waals surface area contributed by atoms with Crippen molar-refractivity contribution in [2.24, 2.45) is 22.6 Å². The van der Waals surface area contributed by atoms with E-state index in [0.29, 0.717) is 5.84 Å². The number of carbonyl (C=O) groups is 1. The van der Waals surface area contributed by atoms with Crippen LogP contribution < -0.4 is 5.73 Å². The molecule has 1 fully saturated rings. The molecule has 1 aromatic carbocycles. The van der Waals surface area contributed by atoms with E-state index in [1.54, 1.807) is 0 Å². The predicted octanol–water partition coefficient (Wildman–Crippen LogP) is 3.66. The maximum atomic E-state index is 11.9. The van der Waals surface area contributed by atoms with E-state index in [-0.39, 0.29) is 17.7 Å². The molecule has 2 rings (SSSR count). The Labute approximate surface area is 128 Å². The summed E-state index contributed by atoms with van der Waals surface area (Å²) in [6.07, 6.45) is 1.90. The van der Waals surface area contributed by atoms with Gasteiger partial charge in [0, 0.05) is 10.4 Å². The van der Waals surface area contributed by atoms with Crippen LogP contribution in [0.25, 0.3) is 0 Å². The average Bonchev–Trinajstić information content (AvgIpc) is 3.22. The Morgan fingerprint density at radius 3 is 2.35 bits per heavy atom. The molecule has 3 nitrogen and oxygen atoms in total. The van der Waals surface area contributed by atoms with E-state index in [1.165, 1.54) is 0 Å². The standard InChI is InChI=1S/C16H21BrN2O/c1-10(2)16(3,12-6-8-13(17)9-7-12)15(18)19-14(20)11-4-5-11/h6-11H,4-5H2,1-3H3,(H2,18,19,20). The van der Waals surface area contributed by atoms with Gasteiger partial charge in [-0.05, 0) is 43.4 Å². The van der Waals surface area contributed by atoms with Gasteiger partial charge in [0.15, 0.2) is 0 Å². The first-order valence-corrected chi connectivity index (χ1v) is 7.79. The fraction of sp³-hybridized carbons (Fsp3) is 0.500. The molecule has 1 aliphatic rings. The van der Waals surface area contributed by atoms with E-state index < -0.39 is 5.41 Å².